The molecule has 7 heteroatoms. The summed E-state index contributed by atoms with van der Waals surface area (Å²) in [6, 6.07) is 9.04. The second kappa shape index (κ2) is 7.55. The van der Waals surface area contributed by atoms with Crippen molar-refractivity contribution in [2.24, 2.45) is 5.92 Å². The van der Waals surface area contributed by atoms with Crippen molar-refractivity contribution in [2.45, 2.75) is 19.0 Å². The van der Waals surface area contributed by atoms with Gasteiger partial charge in [0.25, 0.3) is 5.91 Å². The summed E-state index contributed by atoms with van der Waals surface area (Å²) in [5.41, 5.74) is 0.318. The minimum atomic E-state index is -1.36. The molecular weight excluding hydrogens is 328 g/mol. The summed E-state index contributed by atoms with van der Waals surface area (Å²) in [6.45, 7) is 0.818. The lowest BCUT2D eigenvalue weighted by Gasteiger charge is -2.33. The number of amides is 1. The number of nitrogens with zero attached hydrogens (tertiary/aromatic N) is 3. The number of rotatable bonds is 4. The molecule has 132 valence electrons. The van der Waals surface area contributed by atoms with Crippen molar-refractivity contribution in [3.8, 4) is 5.88 Å². The van der Waals surface area contributed by atoms with Gasteiger partial charge in [-0.05, 0) is 30.9 Å². The van der Waals surface area contributed by atoms with Gasteiger partial charge in [0, 0.05) is 24.7 Å². The average Bonchev–Trinajstić information content (AvgIpc) is 2.67. The number of carbonyl (C=O) groups is 1. The van der Waals surface area contributed by atoms with Crippen LogP contribution in [0.3, 0.4) is 0 Å². The molecule has 1 atom stereocenters. The zero-order valence-corrected chi connectivity index (χ0v) is 13.9. The predicted octanol–water partition coefficient (Wildman–Crippen LogP) is 3.19. The first-order valence-electron chi connectivity index (χ1n) is 8.15. The Hall–Kier alpha value is -2.57. The minimum Gasteiger partial charge on any atom is -0.480 e. The first kappa shape index (κ1) is 17.3. The lowest BCUT2D eigenvalue weighted by molar-refractivity contribution is 0.0620. The van der Waals surface area contributed by atoms with Crippen LogP contribution in [0.25, 0.3) is 0 Å². The summed E-state index contributed by atoms with van der Waals surface area (Å²) >= 11 is 0. The molecule has 1 aliphatic rings. The maximum absolute atomic E-state index is 14.6. The van der Waals surface area contributed by atoms with Crippen LogP contribution < -0.4 is 4.74 Å². The van der Waals surface area contributed by atoms with E-state index in [0.29, 0.717) is 31.8 Å². The number of halogens is 2. The van der Waals surface area contributed by atoms with Crippen molar-refractivity contribution in [1.82, 2.24) is 15.1 Å². The zero-order valence-electron chi connectivity index (χ0n) is 13.9. The summed E-state index contributed by atoms with van der Waals surface area (Å²) in [6.07, 6.45) is -0.408. The van der Waals surface area contributed by atoms with Gasteiger partial charge in [-0.15, -0.1) is 10.2 Å². The van der Waals surface area contributed by atoms with Crippen LogP contribution in [0.1, 0.15) is 35.1 Å². The molecule has 1 aromatic heterocycles. The number of likely N-dealkylation sites (tertiary alicyclic amines) is 1. The number of aromatic nitrogens is 2. The van der Waals surface area contributed by atoms with Crippen molar-refractivity contribution in [3.63, 3.8) is 0 Å². The zero-order chi connectivity index (χ0) is 17.8. The van der Waals surface area contributed by atoms with Crippen LogP contribution in [0.2, 0.25) is 0 Å². The van der Waals surface area contributed by atoms with E-state index >= 15 is 0 Å². The average molecular weight is 347 g/mol. The van der Waals surface area contributed by atoms with Crippen LogP contribution in [0, 0.1) is 11.7 Å². The van der Waals surface area contributed by atoms with Gasteiger partial charge in [0.2, 0.25) is 5.88 Å². The third-order valence-electron chi connectivity index (χ3n) is 4.51. The Kier molecular flexibility index (Phi) is 5.21. The number of piperidine rings is 1. The Balaban J connectivity index is 1.61. The monoisotopic (exact) mass is 347 g/mol. The van der Waals surface area contributed by atoms with Gasteiger partial charge in [0.15, 0.2) is 5.69 Å². The third kappa shape index (κ3) is 3.75. The molecule has 1 aromatic carbocycles. The van der Waals surface area contributed by atoms with E-state index in [0.717, 1.165) is 0 Å². The molecule has 3 rings (SSSR count). The van der Waals surface area contributed by atoms with E-state index in [4.69, 9.17) is 4.74 Å². The van der Waals surface area contributed by atoms with Gasteiger partial charge in [0.05, 0.1) is 7.11 Å². The van der Waals surface area contributed by atoms with E-state index in [1.807, 2.05) is 0 Å². The largest absolute Gasteiger partial charge is 0.480 e. The fourth-order valence-electron chi connectivity index (χ4n) is 3.05. The van der Waals surface area contributed by atoms with Gasteiger partial charge in [-0.2, -0.15) is 0 Å². The maximum atomic E-state index is 14.6. The number of carbonyl (C=O) groups excluding carboxylic acids is 1. The number of methoxy groups -OCH3 is 1. The molecular formula is C18H19F2N3O2. The van der Waals surface area contributed by atoms with Crippen LogP contribution in [0.15, 0.2) is 36.4 Å². The number of hydrogen-bond donors (Lipinski definition) is 0. The van der Waals surface area contributed by atoms with Crippen molar-refractivity contribution in [1.29, 1.82) is 0 Å². The van der Waals surface area contributed by atoms with Crippen LogP contribution in [0.4, 0.5) is 8.78 Å². The second-order valence-corrected chi connectivity index (χ2v) is 6.01. The topological polar surface area (TPSA) is 55.3 Å². The maximum Gasteiger partial charge on any atom is 0.274 e. The minimum absolute atomic E-state index is 0.0910. The van der Waals surface area contributed by atoms with E-state index in [2.05, 4.69) is 10.2 Å². The Morgan fingerprint density at radius 3 is 2.52 bits per heavy atom. The fourth-order valence-corrected chi connectivity index (χ4v) is 3.05. The van der Waals surface area contributed by atoms with Gasteiger partial charge in [-0.25, -0.2) is 8.78 Å². The van der Waals surface area contributed by atoms with Crippen LogP contribution in [0.5, 0.6) is 5.88 Å². The van der Waals surface area contributed by atoms with Crippen molar-refractivity contribution in [3.05, 3.63) is 53.5 Å². The van der Waals surface area contributed by atoms with E-state index < -0.39 is 12.0 Å². The highest BCUT2D eigenvalue weighted by atomic mass is 19.1. The molecule has 1 saturated heterocycles. The molecule has 2 aromatic rings. The lowest BCUT2D eigenvalue weighted by Crippen LogP contribution is -2.39. The van der Waals surface area contributed by atoms with Gasteiger partial charge in [0.1, 0.15) is 12.0 Å². The molecule has 0 spiro atoms. The summed E-state index contributed by atoms with van der Waals surface area (Å²) < 4.78 is 33.3. The van der Waals surface area contributed by atoms with Gasteiger partial charge < -0.3 is 9.64 Å². The molecule has 0 aliphatic carbocycles. The molecule has 5 nitrogen and oxygen atoms in total. The number of hydrogen-bond acceptors (Lipinski definition) is 4. The second-order valence-electron chi connectivity index (χ2n) is 6.01. The summed E-state index contributed by atoms with van der Waals surface area (Å²) in [5.74, 6) is -0.736. The number of benzene rings is 1. The smallest absolute Gasteiger partial charge is 0.274 e. The molecule has 0 N–H and O–H groups in total. The molecule has 2 heterocycles. The summed E-state index contributed by atoms with van der Waals surface area (Å²) in [7, 11) is 1.47. The lowest BCUT2D eigenvalue weighted by atomic mass is 9.88. The Morgan fingerprint density at radius 1 is 1.20 bits per heavy atom. The molecule has 0 saturated carbocycles. The first-order valence-corrected chi connectivity index (χ1v) is 8.15. The van der Waals surface area contributed by atoms with Gasteiger partial charge >= 0.3 is 0 Å². The Bertz CT molecular complexity index is 731. The highest BCUT2D eigenvalue weighted by Crippen LogP contribution is 2.35. The van der Waals surface area contributed by atoms with Crippen LogP contribution in [-0.2, 0) is 0 Å². The van der Waals surface area contributed by atoms with Gasteiger partial charge in [-0.3, -0.25) is 4.79 Å². The molecule has 0 bridgehead atoms. The van der Waals surface area contributed by atoms with Crippen molar-refractivity contribution >= 4 is 5.91 Å². The van der Waals surface area contributed by atoms with E-state index in [-0.39, 0.29) is 23.1 Å². The molecule has 1 amide bonds. The molecule has 1 unspecified atom stereocenters. The molecule has 1 fully saturated rings. The highest BCUT2D eigenvalue weighted by molar-refractivity contribution is 5.92. The number of alkyl halides is 1. The summed E-state index contributed by atoms with van der Waals surface area (Å²) in [5, 5.41) is 7.63. The Morgan fingerprint density at radius 2 is 1.92 bits per heavy atom. The fraction of sp³-hybridized carbons (Fsp3) is 0.389. The van der Waals surface area contributed by atoms with E-state index in [1.165, 1.54) is 19.2 Å². The van der Waals surface area contributed by atoms with Crippen LogP contribution >= 0.6 is 0 Å². The van der Waals surface area contributed by atoms with Crippen LogP contribution in [-0.4, -0.2) is 41.2 Å². The first-order chi connectivity index (χ1) is 12.1. The highest BCUT2D eigenvalue weighted by Gasteiger charge is 2.31. The standard InChI is InChI=1S/C18H19F2N3O2/c1-25-16-7-6-15(21-22-16)18(24)23-10-8-12(9-11-23)17(20)13-4-2-3-5-14(13)19/h2-7,12,17H,8-11H2,1H3. The van der Waals surface area contributed by atoms with E-state index in [9.17, 15) is 13.6 Å². The van der Waals surface area contributed by atoms with Gasteiger partial charge in [-0.1, -0.05) is 18.2 Å². The third-order valence-corrected chi connectivity index (χ3v) is 4.51. The van der Waals surface area contributed by atoms with Crippen molar-refractivity contribution in [2.75, 3.05) is 20.2 Å². The van der Waals surface area contributed by atoms with E-state index in [1.54, 1.807) is 29.2 Å². The SMILES string of the molecule is COc1ccc(C(=O)N2CCC(C(F)c3ccccc3F)CC2)nn1. The van der Waals surface area contributed by atoms with Crippen molar-refractivity contribution < 1.29 is 18.3 Å². The molecule has 1 aliphatic heterocycles. The Labute approximate surface area is 144 Å². The summed E-state index contributed by atoms with van der Waals surface area (Å²) in [4.78, 5) is 14.1. The predicted molar refractivity (Wildman–Crippen MR) is 87.5 cm³/mol. The quantitative estimate of drug-likeness (QED) is 0.852. The molecule has 25 heavy (non-hydrogen) atoms. The molecule has 0 radical (unpaired) electrons. The number of ether oxygens (including phenoxy) is 1. The normalized spacial score (nSPS) is 16.5.